The summed E-state index contributed by atoms with van der Waals surface area (Å²) in [4.78, 5) is 24.3. The minimum absolute atomic E-state index is 0.0989. The van der Waals surface area contributed by atoms with Gasteiger partial charge in [0.2, 0.25) is 11.8 Å². The third-order valence-electron chi connectivity index (χ3n) is 1.94. The highest BCUT2D eigenvalue weighted by Gasteiger charge is 2.12. The predicted molar refractivity (Wildman–Crippen MR) is 62.6 cm³/mol. The molecule has 0 atom stereocenters. The summed E-state index contributed by atoms with van der Waals surface area (Å²) < 4.78 is 0. The molecule has 0 heterocycles. The summed E-state index contributed by atoms with van der Waals surface area (Å²) in [5, 5.41) is 5.09. The molecule has 0 aromatic heterocycles. The molecule has 16 heavy (non-hydrogen) atoms. The molecule has 0 aromatic rings. The number of nitrogens with zero attached hydrogens (tertiary/aromatic N) is 1. The number of nitrogens with one attached hydrogen (secondary N) is 2. The molecule has 0 aliphatic heterocycles. The number of terminal acetylenes is 1. The lowest BCUT2D eigenvalue weighted by atomic mass is 10.3. The van der Waals surface area contributed by atoms with Crippen molar-refractivity contribution >= 4 is 11.8 Å². The second kappa shape index (κ2) is 8.74. The third kappa shape index (κ3) is 6.85. The molecule has 0 aliphatic carbocycles. The number of carbonyl (C=O) groups is 2. The fourth-order valence-electron chi connectivity index (χ4n) is 1.22. The van der Waals surface area contributed by atoms with E-state index in [9.17, 15) is 9.59 Å². The Balaban J connectivity index is 4.06. The number of hydrogen-bond acceptors (Lipinski definition) is 3. The maximum absolute atomic E-state index is 11.4. The van der Waals surface area contributed by atoms with Crippen molar-refractivity contribution in [1.82, 2.24) is 15.5 Å². The van der Waals surface area contributed by atoms with Gasteiger partial charge in [0.15, 0.2) is 0 Å². The van der Waals surface area contributed by atoms with Crippen LogP contribution < -0.4 is 10.6 Å². The van der Waals surface area contributed by atoms with Crippen LogP contribution in [0.5, 0.6) is 0 Å². The van der Waals surface area contributed by atoms with Crippen LogP contribution in [0.2, 0.25) is 0 Å². The molecule has 0 aliphatic rings. The Labute approximate surface area is 96.6 Å². The van der Waals surface area contributed by atoms with Crippen LogP contribution in [0.1, 0.15) is 13.3 Å². The van der Waals surface area contributed by atoms with Crippen LogP contribution in [0.25, 0.3) is 0 Å². The van der Waals surface area contributed by atoms with Gasteiger partial charge in [0.1, 0.15) is 0 Å². The van der Waals surface area contributed by atoms with Crippen molar-refractivity contribution in [3.05, 3.63) is 0 Å². The van der Waals surface area contributed by atoms with Crippen molar-refractivity contribution in [3.63, 3.8) is 0 Å². The number of rotatable bonds is 7. The summed E-state index contributed by atoms with van der Waals surface area (Å²) in [5.41, 5.74) is 0. The van der Waals surface area contributed by atoms with Crippen LogP contribution in [-0.2, 0) is 9.59 Å². The zero-order valence-corrected chi connectivity index (χ0v) is 9.88. The summed E-state index contributed by atoms with van der Waals surface area (Å²) >= 11 is 0. The summed E-state index contributed by atoms with van der Waals surface area (Å²) in [7, 11) is 1.57. The lowest BCUT2D eigenvalue weighted by Gasteiger charge is -2.19. The third-order valence-corrected chi connectivity index (χ3v) is 1.94. The number of carbonyl (C=O) groups excluding carboxylic acids is 2. The Hall–Kier alpha value is -1.54. The second-order valence-corrected chi connectivity index (χ2v) is 3.36. The average molecular weight is 225 g/mol. The van der Waals surface area contributed by atoms with Gasteiger partial charge in [-0.3, -0.25) is 14.5 Å². The first-order valence-electron chi connectivity index (χ1n) is 5.27. The molecule has 0 aromatic carbocycles. The van der Waals surface area contributed by atoms with E-state index >= 15 is 0 Å². The Kier molecular flexibility index (Phi) is 7.90. The molecule has 0 bridgehead atoms. The van der Waals surface area contributed by atoms with Crippen molar-refractivity contribution in [2.75, 3.05) is 33.2 Å². The lowest BCUT2D eigenvalue weighted by molar-refractivity contribution is -0.124. The van der Waals surface area contributed by atoms with Crippen LogP contribution in [0, 0.1) is 12.3 Å². The summed E-state index contributed by atoms with van der Waals surface area (Å²) in [6.07, 6.45) is 5.91. The van der Waals surface area contributed by atoms with Crippen LogP contribution in [-0.4, -0.2) is 49.9 Å². The minimum atomic E-state index is -0.157. The normalized spacial score (nSPS) is 9.62. The molecule has 0 saturated heterocycles. The largest absolute Gasteiger partial charge is 0.358 e. The Morgan fingerprint density at radius 2 is 1.94 bits per heavy atom. The van der Waals surface area contributed by atoms with Crippen LogP contribution >= 0.6 is 0 Å². The van der Waals surface area contributed by atoms with Crippen molar-refractivity contribution in [2.45, 2.75) is 13.3 Å². The first kappa shape index (κ1) is 14.5. The molecule has 2 N–H and O–H groups in total. The summed E-state index contributed by atoms with van der Waals surface area (Å²) in [5.74, 6) is 2.07. The average Bonchev–Trinajstić information content (AvgIpc) is 2.26. The first-order valence-corrected chi connectivity index (χ1v) is 5.27. The molecule has 5 heteroatoms. The maximum Gasteiger partial charge on any atom is 0.234 e. The van der Waals surface area contributed by atoms with Gasteiger partial charge in [0.05, 0.1) is 19.6 Å². The van der Waals surface area contributed by atoms with E-state index in [0.717, 1.165) is 6.42 Å². The van der Waals surface area contributed by atoms with Crippen LogP contribution in [0.15, 0.2) is 0 Å². The van der Waals surface area contributed by atoms with Gasteiger partial charge >= 0.3 is 0 Å². The molecule has 2 amide bonds. The Morgan fingerprint density at radius 3 is 2.44 bits per heavy atom. The summed E-state index contributed by atoms with van der Waals surface area (Å²) in [6.45, 7) is 3.35. The molecule has 0 saturated carbocycles. The van der Waals surface area contributed by atoms with Gasteiger partial charge < -0.3 is 10.6 Å². The van der Waals surface area contributed by atoms with E-state index in [4.69, 9.17) is 6.42 Å². The quantitative estimate of drug-likeness (QED) is 0.557. The van der Waals surface area contributed by atoms with Gasteiger partial charge in [-0.05, 0) is 13.0 Å². The molecule has 0 unspecified atom stereocenters. The highest BCUT2D eigenvalue weighted by atomic mass is 16.2. The van der Waals surface area contributed by atoms with Gasteiger partial charge in [-0.25, -0.2) is 0 Å². The van der Waals surface area contributed by atoms with E-state index in [1.807, 2.05) is 6.92 Å². The fourth-order valence-corrected chi connectivity index (χ4v) is 1.22. The van der Waals surface area contributed by atoms with Gasteiger partial charge in [-0.2, -0.15) is 0 Å². The highest BCUT2D eigenvalue weighted by Crippen LogP contribution is 1.91. The van der Waals surface area contributed by atoms with E-state index < -0.39 is 0 Å². The molecule has 0 fully saturated rings. The smallest absolute Gasteiger partial charge is 0.234 e. The molecule has 5 nitrogen and oxygen atoms in total. The first-order chi connectivity index (χ1) is 7.63. The molecule has 90 valence electrons. The van der Waals surface area contributed by atoms with Crippen LogP contribution in [0.3, 0.4) is 0 Å². The van der Waals surface area contributed by atoms with E-state index in [1.165, 1.54) is 0 Å². The zero-order valence-electron chi connectivity index (χ0n) is 9.88. The van der Waals surface area contributed by atoms with E-state index in [1.54, 1.807) is 11.9 Å². The lowest BCUT2D eigenvalue weighted by Crippen LogP contribution is -2.42. The van der Waals surface area contributed by atoms with E-state index in [-0.39, 0.29) is 31.4 Å². The monoisotopic (exact) mass is 225 g/mol. The fraction of sp³-hybridized carbons (Fsp3) is 0.636. The predicted octanol–water partition coefficient (Wildman–Crippen LogP) is -0.806. The highest BCUT2D eigenvalue weighted by molar-refractivity contribution is 5.81. The number of hydrogen-bond donors (Lipinski definition) is 2. The maximum atomic E-state index is 11.4. The minimum Gasteiger partial charge on any atom is -0.358 e. The van der Waals surface area contributed by atoms with Gasteiger partial charge in [0, 0.05) is 7.05 Å². The van der Waals surface area contributed by atoms with Gasteiger partial charge in [-0.1, -0.05) is 12.8 Å². The topological polar surface area (TPSA) is 61.4 Å². The Bertz CT molecular complexity index is 271. The van der Waals surface area contributed by atoms with Crippen LogP contribution in [0.4, 0.5) is 0 Å². The SMILES string of the molecule is C#CCNC(=O)CN(CCC)CC(=O)NC. The van der Waals surface area contributed by atoms with Gasteiger partial charge in [0.25, 0.3) is 0 Å². The van der Waals surface area contributed by atoms with Crippen molar-refractivity contribution in [2.24, 2.45) is 0 Å². The standard InChI is InChI=1S/C11H19N3O2/c1-4-6-13-11(16)9-14(7-5-2)8-10(15)12-3/h1H,5-9H2,2-3H3,(H,12,15)(H,13,16). The summed E-state index contributed by atoms with van der Waals surface area (Å²) in [6, 6.07) is 0. The molecular formula is C11H19N3O2. The molecular weight excluding hydrogens is 206 g/mol. The van der Waals surface area contributed by atoms with E-state index in [2.05, 4.69) is 16.6 Å². The Morgan fingerprint density at radius 1 is 1.31 bits per heavy atom. The van der Waals surface area contributed by atoms with Crippen molar-refractivity contribution in [3.8, 4) is 12.3 Å². The second-order valence-electron chi connectivity index (χ2n) is 3.36. The number of amides is 2. The van der Waals surface area contributed by atoms with Crippen molar-refractivity contribution < 1.29 is 9.59 Å². The van der Waals surface area contributed by atoms with E-state index in [0.29, 0.717) is 6.54 Å². The molecule has 0 radical (unpaired) electrons. The van der Waals surface area contributed by atoms with Crippen molar-refractivity contribution in [1.29, 1.82) is 0 Å². The van der Waals surface area contributed by atoms with Gasteiger partial charge in [-0.15, -0.1) is 6.42 Å². The molecule has 0 spiro atoms. The molecule has 0 rings (SSSR count). The zero-order chi connectivity index (χ0) is 12.4. The number of likely N-dealkylation sites (N-methyl/N-ethyl adjacent to an activating group) is 1.